The van der Waals surface area contributed by atoms with Crippen molar-refractivity contribution in [1.29, 1.82) is 0 Å². The number of hydrogen-bond donors (Lipinski definition) is 0. The van der Waals surface area contributed by atoms with Gasteiger partial charge in [-0.25, -0.2) is 0 Å². The predicted octanol–water partition coefficient (Wildman–Crippen LogP) is 8.08. The van der Waals surface area contributed by atoms with Crippen LogP contribution in [0.1, 0.15) is 129 Å². The molecule has 0 spiro atoms. The number of hydrogen-bond acceptors (Lipinski definition) is 2. The molecule has 29 heavy (non-hydrogen) atoms. The first-order valence-corrected chi connectivity index (χ1v) is 13.3. The summed E-state index contributed by atoms with van der Waals surface area (Å²) in [4.78, 5) is 11.2. The Morgan fingerprint density at radius 3 is 1.59 bits per heavy atom. The lowest BCUT2D eigenvalue weighted by molar-refractivity contribution is -0.148. The van der Waals surface area contributed by atoms with Gasteiger partial charge in [0.05, 0.1) is 0 Å². The Bertz CT molecular complexity index is 449. The van der Waals surface area contributed by atoms with Gasteiger partial charge in [-0.1, -0.05) is 84.0 Å². The van der Waals surface area contributed by atoms with Crippen LogP contribution in [0.4, 0.5) is 0 Å². The Morgan fingerprint density at radius 2 is 1.10 bits per heavy atom. The largest absolute Gasteiger partial charge is 0.463 e. The summed E-state index contributed by atoms with van der Waals surface area (Å²) in [5, 5.41) is 0. The van der Waals surface area contributed by atoms with E-state index in [4.69, 9.17) is 4.74 Å². The number of unbranched alkanes of at least 4 members (excludes halogenated alkanes) is 2. The van der Waals surface area contributed by atoms with Crippen molar-refractivity contribution in [3.8, 4) is 0 Å². The molecule has 0 atom stereocenters. The van der Waals surface area contributed by atoms with Crippen LogP contribution in [0.2, 0.25) is 0 Å². The zero-order valence-electron chi connectivity index (χ0n) is 19.5. The van der Waals surface area contributed by atoms with E-state index in [-0.39, 0.29) is 12.1 Å². The third-order valence-electron chi connectivity index (χ3n) is 8.77. The molecular formula is C27H48O2. The number of carbonyl (C=O) groups is 1. The average Bonchev–Trinajstić information content (AvgIpc) is 2.74. The molecule has 3 saturated carbocycles. The fraction of sp³-hybridized carbons (Fsp3) is 0.963. The molecule has 168 valence electrons. The fourth-order valence-corrected chi connectivity index (χ4v) is 6.82. The van der Waals surface area contributed by atoms with E-state index in [9.17, 15) is 4.79 Å². The number of esters is 1. The van der Waals surface area contributed by atoms with Crippen molar-refractivity contribution in [2.24, 2.45) is 29.6 Å². The Balaban J connectivity index is 1.25. The van der Waals surface area contributed by atoms with Gasteiger partial charge in [-0.3, -0.25) is 4.79 Å². The predicted molar refractivity (Wildman–Crippen MR) is 122 cm³/mol. The highest BCUT2D eigenvalue weighted by Crippen LogP contribution is 2.42. The van der Waals surface area contributed by atoms with E-state index in [0.29, 0.717) is 0 Å². The second-order valence-corrected chi connectivity index (χ2v) is 10.9. The molecule has 0 aromatic rings. The van der Waals surface area contributed by atoms with Crippen LogP contribution >= 0.6 is 0 Å². The second kappa shape index (κ2) is 12.4. The van der Waals surface area contributed by atoms with Crippen LogP contribution in [0, 0.1) is 29.6 Å². The van der Waals surface area contributed by atoms with Gasteiger partial charge >= 0.3 is 5.97 Å². The van der Waals surface area contributed by atoms with Gasteiger partial charge in [0.25, 0.3) is 0 Å². The molecule has 0 aromatic carbocycles. The molecular weight excluding hydrogens is 356 g/mol. The van der Waals surface area contributed by atoms with Gasteiger partial charge in [-0.05, 0) is 68.1 Å². The Labute approximate surface area is 180 Å². The monoisotopic (exact) mass is 404 g/mol. The van der Waals surface area contributed by atoms with Crippen LogP contribution in [0.25, 0.3) is 0 Å². The molecule has 0 aliphatic heterocycles. The van der Waals surface area contributed by atoms with Gasteiger partial charge < -0.3 is 4.74 Å². The third-order valence-corrected chi connectivity index (χ3v) is 8.77. The molecule has 0 saturated heterocycles. The molecule has 0 N–H and O–H groups in total. The minimum absolute atomic E-state index is 0.0982. The maximum atomic E-state index is 11.2. The first-order valence-electron chi connectivity index (χ1n) is 13.3. The molecule has 0 aromatic heterocycles. The molecule has 2 nitrogen and oxygen atoms in total. The van der Waals surface area contributed by atoms with Crippen molar-refractivity contribution in [3.63, 3.8) is 0 Å². The second-order valence-electron chi connectivity index (χ2n) is 10.9. The maximum Gasteiger partial charge on any atom is 0.302 e. The van der Waals surface area contributed by atoms with Crippen LogP contribution in [0.5, 0.6) is 0 Å². The van der Waals surface area contributed by atoms with Crippen molar-refractivity contribution in [3.05, 3.63) is 0 Å². The summed E-state index contributed by atoms with van der Waals surface area (Å²) < 4.78 is 5.43. The Hall–Kier alpha value is -0.530. The minimum Gasteiger partial charge on any atom is -0.463 e. The lowest BCUT2D eigenvalue weighted by Crippen LogP contribution is -2.29. The van der Waals surface area contributed by atoms with Crippen LogP contribution < -0.4 is 0 Å². The molecule has 0 amide bonds. The normalized spacial score (nSPS) is 35.9. The molecule has 0 bridgehead atoms. The van der Waals surface area contributed by atoms with Crippen molar-refractivity contribution >= 4 is 5.97 Å². The summed E-state index contributed by atoms with van der Waals surface area (Å²) in [5.74, 6) is 4.90. The number of rotatable bonds is 9. The SMILES string of the molecule is CCCCC[C@H]1CC[C@H](CC[C@H]2CC[C@H]([C@H]3CC[C@H](OC(C)=O)CC3)CC2)CC1. The first-order chi connectivity index (χ1) is 14.1. The highest BCUT2D eigenvalue weighted by molar-refractivity contribution is 5.66. The van der Waals surface area contributed by atoms with E-state index in [1.54, 1.807) is 6.92 Å². The molecule has 3 fully saturated rings. The highest BCUT2D eigenvalue weighted by Gasteiger charge is 2.32. The maximum absolute atomic E-state index is 11.2. The number of ether oxygens (including phenoxy) is 1. The van der Waals surface area contributed by atoms with Gasteiger partial charge in [0.2, 0.25) is 0 Å². The molecule has 0 unspecified atom stereocenters. The molecule has 3 aliphatic carbocycles. The summed E-state index contributed by atoms with van der Waals surface area (Å²) in [5.41, 5.74) is 0. The lowest BCUT2D eigenvalue weighted by atomic mass is 9.69. The van der Waals surface area contributed by atoms with E-state index in [1.165, 1.54) is 103 Å². The molecule has 0 radical (unpaired) electrons. The van der Waals surface area contributed by atoms with Crippen molar-refractivity contribution < 1.29 is 9.53 Å². The van der Waals surface area contributed by atoms with Crippen molar-refractivity contribution in [2.75, 3.05) is 0 Å². The van der Waals surface area contributed by atoms with E-state index in [1.807, 2.05) is 0 Å². The zero-order valence-corrected chi connectivity index (χ0v) is 19.5. The highest BCUT2D eigenvalue weighted by atomic mass is 16.5. The molecule has 0 heterocycles. The Morgan fingerprint density at radius 1 is 0.655 bits per heavy atom. The fourth-order valence-electron chi connectivity index (χ4n) is 6.82. The first kappa shape index (κ1) is 23.1. The van der Waals surface area contributed by atoms with Gasteiger partial charge in [0.1, 0.15) is 6.10 Å². The summed E-state index contributed by atoms with van der Waals surface area (Å²) in [7, 11) is 0. The average molecular weight is 405 g/mol. The van der Waals surface area contributed by atoms with E-state index in [2.05, 4.69) is 6.92 Å². The van der Waals surface area contributed by atoms with Gasteiger partial charge in [0, 0.05) is 6.92 Å². The van der Waals surface area contributed by atoms with Gasteiger partial charge in [-0.15, -0.1) is 0 Å². The van der Waals surface area contributed by atoms with Crippen LogP contribution in [-0.4, -0.2) is 12.1 Å². The van der Waals surface area contributed by atoms with Gasteiger partial charge in [0.15, 0.2) is 0 Å². The topological polar surface area (TPSA) is 26.3 Å². The van der Waals surface area contributed by atoms with Crippen molar-refractivity contribution in [1.82, 2.24) is 0 Å². The third kappa shape index (κ3) is 7.91. The smallest absolute Gasteiger partial charge is 0.302 e. The summed E-state index contributed by atoms with van der Waals surface area (Å²) in [6.45, 7) is 3.87. The standard InChI is InChI=1S/C27H48O2/c1-3-4-5-6-22-7-9-23(10-8-22)11-12-24-13-15-25(16-14-24)26-17-19-27(20-18-26)29-21(2)28/h22-27H,3-20H2,1-2H3/t22-,23-,24-,25-,26-,27-. The van der Waals surface area contributed by atoms with E-state index in [0.717, 1.165) is 42.4 Å². The van der Waals surface area contributed by atoms with Crippen LogP contribution in [0.15, 0.2) is 0 Å². The zero-order chi connectivity index (χ0) is 20.5. The van der Waals surface area contributed by atoms with Crippen molar-refractivity contribution in [2.45, 2.75) is 136 Å². The number of carbonyl (C=O) groups excluding carboxylic acids is 1. The molecule has 3 aliphatic rings. The lowest BCUT2D eigenvalue weighted by Gasteiger charge is -2.38. The summed E-state index contributed by atoms with van der Waals surface area (Å²) >= 11 is 0. The van der Waals surface area contributed by atoms with Crippen LogP contribution in [0.3, 0.4) is 0 Å². The van der Waals surface area contributed by atoms with E-state index >= 15 is 0 Å². The quantitative estimate of drug-likeness (QED) is 0.287. The minimum atomic E-state index is -0.0982. The van der Waals surface area contributed by atoms with Gasteiger partial charge in [-0.2, -0.15) is 0 Å². The van der Waals surface area contributed by atoms with E-state index < -0.39 is 0 Å². The van der Waals surface area contributed by atoms with Crippen LogP contribution in [-0.2, 0) is 9.53 Å². The summed E-state index contributed by atoms with van der Waals surface area (Å²) in [6.07, 6.45) is 25.8. The summed E-state index contributed by atoms with van der Waals surface area (Å²) in [6, 6.07) is 0. The molecule has 3 rings (SSSR count). The molecule has 2 heteroatoms. The Kier molecular flexibility index (Phi) is 9.86.